The van der Waals surface area contributed by atoms with Gasteiger partial charge in [0.1, 0.15) is 4.90 Å². The number of para-hydroxylation sites is 1. The van der Waals surface area contributed by atoms with Crippen molar-refractivity contribution < 1.29 is 53.5 Å². The molecule has 9 heteroatoms. The fraction of sp³-hybridized carbons (Fsp3) is 0.0909. The van der Waals surface area contributed by atoms with Gasteiger partial charge in [-0.2, -0.15) is 8.42 Å². The molecule has 3 aromatic rings. The molecule has 154 valence electrons. The van der Waals surface area contributed by atoms with Crippen LogP contribution in [0.2, 0.25) is 0 Å². The van der Waals surface area contributed by atoms with E-state index in [0.717, 1.165) is 11.6 Å². The first-order valence-electron chi connectivity index (χ1n) is 9.21. The molecule has 0 saturated carbocycles. The molecule has 0 aliphatic heterocycles. The van der Waals surface area contributed by atoms with Gasteiger partial charge < -0.3 is 12.5 Å². The number of carbonyl (C=O) groups is 2. The molecule has 0 bridgehead atoms. The summed E-state index contributed by atoms with van der Waals surface area (Å²) in [6.07, 6.45) is 0.682. The summed E-state index contributed by atoms with van der Waals surface area (Å²) < 4.78 is 33.6. The van der Waals surface area contributed by atoms with Crippen LogP contribution >= 0.6 is 0 Å². The fourth-order valence-corrected chi connectivity index (χ4v) is 4.35. The van der Waals surface area contributed by atoms with Crippen molar-refractivity contribution in [2.45, 2.75) is 18.2 Å². The van der Waals surface area contributed by atoms with E-state index in [1.807, 2.05) is 19.1 Å². The van der Waals surface area contributed by atoms with Gasteiger partial charge in [0.25, 0.3) is 10.1 Å². The van der Waals surface area contributed by atoms with Crippen molar-refractivity contribution in [1.82, 2.24) is 0 Å². The van der Waals surface area contributed by atoms with Crippen LogP contribution in [0.3, 0.4) is 0 Å². The number of carbonyl (C=O) groups excluding carboxylic acids is 2. The van der Waals surface area contributed by atoms with E-state index >= 15 is 0 Å². The maximum absolute atomic E-state index is 13.3. The van der Waals surface area contributed by atoms with Gasteiger partial charge in [-0.15, -0.1) is 0 Å². The van der Waals surface area contributed by atoms with Crippen LogP contribution < -0.4 is 40.6 Å². The van der Waals surface area contributed by atoms with E-state index in [1.54, 1.807) is 24.3 Å². The van der Waals surface area contributed by atoms with E-state index in [2.05, 4.69) is 5.32 Å². The van der Waals surface area contributed by atoms with Crippen LogP contribution in [-0.2, 0) is 16.5 Å². The molecule has 3 aromatic carbocycles. The van der Waals surface area contributed by atoms with Crippen molar-refractivity contribution in [3.8, 4) is 0 Å². The Morgan fingerprint density at radius 2 is 1.48 bits per heavy atom. The Morgan fingerprint density at radius 3 is 2.06 bits per heavy atom. The second-order valence-corrected chi connectivity index (χ2v) is 8.29. The van der Waals surface area contributed by atoms with Gasteiger partial charge in [0, 0.05) is 16.8 Å². The minimum absolute atomic E-state index is 0. The molecule has 0 atom stereocenters. The van der Waals surface area contributed by atoms with Crippen LogP contribution in [0.25, 0.3) is 0 Å². The molecule has 0 spiro atoms. The van der Waals surface area contributed by atoms with E-state index in [9.17, 15) is 22.6 Å². The molecule has 0 aromatic heterocycles. The Hall–Kier alpha value is -2.49. The topological polar surface area (TPSA) is 127 Å². The van der Waals surface area contributed by atoms with E-state index in [1.165, 1.54) is 12.1 Å². The second kappa shape index (κ2) is 8.57. The van der Waals surface area contributed by atoms with Crippen molar-refractivity contribution in [2.75, 3.05) is 11.1 Å². The van der Waals surface area contributed by atoms with E-state index in [-0.39, 0.29) is 58.9 Å². The Labute approximate surface area is 203 Å². The molecule has 1 aliphatic carbocycles. The summed E-state index contributed by atoms with van der Waals surface area (Å²) in [6, 6.07) is 14.7. The Bertz CT molecular complexity index is 1340. The van der Waals surface area contributed by atoms with Gasteiger partial charge in [0.2, 0.25) is 0 Å². The first kappa shape index (κ1) is 23.2. The van der Waals surface area contributed by atoms with Gasteiger partial charge in [-0.05, 0) is 24.1 Å². The Kier molecular flexibility index (Phi) is 6.40. The van der Waals surface area contributed by atoms with Crippen molar-refractivity contribution >= 4 is 38.7 Å². The van der Waals surface area contributed by atoms with Crippen molar-refractivity contribution in [3.05, 3.63) is 82.4 Å². The largest absolute Gasteiger partial charge is 1.00 e. The molecule has 4 N–H and O–H groups in total. The minimum Gasteiger partial charge on any atom is -1.00 e. The van der Waals surface area contributed by atoms with E-state index in [4.69, 9.17) is 5.73 Å². The molecule has 0 heterocycles. The zero-order chi connectivity index (χ0) is 21.6. The average Bonchev–Trinajstić information content (AvgIpc) is 2.72. The van der Waals surface area contributed by atoms with Gasteiger partial charge in [-0.3, -0.25) is 14.1 Å². The first-order chi connectivity index (χ1) is 14.2. The SMILES string of the molecule is CCc1ccccc1Nc1cc(S(=O)(=O)O)c(N)c2c1C(=O)c1ccccc1C2=O.[H-].[Na+]. The van der Waals surface area contributed by atoms with Crippen LogP contribution in [0.4, 0.5) is 17.1 Å². The number of ketones is 2. The standard InChI is InChI=1S/C22H18N2O5S.Na.H/c1-2-12-7-3-6-10-15(12)24-16-11-17(30(27,28)29)20(23)19-18(16)21(25)13-8-4-5-9-14(13)22(19)26;;/h3-11,24H,2,23H2,1H3,(H,27,28,29);;/q;+1;-1. The number of rotatable bonds is 4. The minimum atomic E-state index is -4.74. The molecule has 0 amide bonds. The molecule has 0 fully saturated rings. The fourth-order valence-electron chi connectivity index (χ4n) is 3.70. The zero-order valence-corrected chi connectivity index (χ0v) is 19.8. The Morgan fingerprint density at radius 1 is 0.935 bits per heavy atom. The second-order valence-electron chi connectivity index (χ2n) is 6.90. The number of nitrogen functional groups attached to an aromatic ring is 1. The molecule has 0 radical (unpaired) electrons. The number of benzene rings is 3. The quantitative estimate of drug-likeness (QED) is 0.239. The number of nitrogens with one attached hydrogen (secondary N) is 1. The third-order valence-electron chi connectivity index (χ3n) is 5.15. The maximum atomic E-state index is 13.3. The predicted octanol–water partition coefficient (Wildman–Crippen LogP) is 0.713. The Balaban J connectivity index is 0.00000181. The monoisotopic (exact) mass is 446 g/mol. The summed E-state index contributed by atoms with van der Waals surface area (Å²) in [5.74, 6) is -1.03. The van der Waals surface area contributed by atoms with Gasteiger partial charge in [0.15, 0.2) is 11.6 Å². The van der Waals surface area contributed by atoms with Crippen molar-refractivity contribution in [3.63, 3.8) is 0 Å². The number of fused-ring (bicyclic) bond motifs is 2. The summed E-state index contributed by atoms with van der Waals surface area (Å²) in [5, 5.41) is 3.07. The molecule has 1 aliphatic rings. The molecule has 0 unspecified atom stereocenters. The van der Waals surface area contributed by atoms with E-state index < -0.39 is 32.3 Å². The number of hydrogen-bond acceptors (Lipinski definition) is 6. The number of anilines is 3. The van der Waals surface area contributed by atoms with Crippen molar-refractivity contribution in [2.24, 2.45) is 0 Å². The predicted molar refractivity (Wildman–Crippen MR) is 114 cm³/mol. The molecular formula is C22H19N2NaO5S. The summed E-state index contributed by atoms with van der Waals surface area (Å²) >= 11 is 0. The molecule has 4 rings (SSSR count). The zero-order valence-electron chi connectivity index (χ0n) is 18.0. The molecule has 0 saturated heterocycles. The summed E-state index contributed by atoms with van der Waals surface area (Å²) in [6.45, 7) is 1.95. The van der Waals surface area contributed by atoms with Crippen LogP contribution in [-0.4, -0.2) is 24.5 Å². The molecule has 7 nitrogen and oxygen atoms in total. The summed E-state index contributed by atoms with van der Waals surface area (Å²) in [4.78, 5) is 25.8. The van der Waals surface area contributed by atoms with Crippen LogP contribution in [0.1, 0.15) is 45.8 Å². The van der Waals surface area contributed by atoms with Gasteiger partial charge in [0.05, 0.1) is 22.5 Å². The van der Waals surface area contributed by atoms with Crippen LogP contribution in [0.15, 0.2) is 59.5 Å². The van der Waals surface area contributed by atoms with Gasteiger partial charge >= 0.3 is 29.6 Å². The number of hydrogen-bond donors (Lipinski definition) is 3. The smallest absolute Gasteiger partial charge is 1.00 e. The third-order valence-corrected chi connectivity index (χ3v) is 6.04. The van der Waals surface area contributed by atoms with Gasteiger partial charge in [-0.25, -0.2) is 0 Å². The number of aryl methyl sites for hydroxylation is 1. The molecule has 31 heavy (non-hydrogen) atoms. The average molecular weight is 446 g/mol. The first-order valence-corrected chi connectivity index (χ1v) is 10.6. The van der Waals surface area contributed by atoms with Crippen molar-refractivity contribution in [1.29, 1.82) is 0 Å². The van der Waals surface area contributed by atoms with Crippen LogP contribution in [0, 0.1) is 0 Å². The van der Waals surface area contributed by atoms with E-state index in [0.29, 0.717) is 12.1 Å². The third kappa shape index (κ3) is 3.93. The van der Waals surface area contributed by atoms with Gasteiger partial charge in [-0.1, -0.05) is 49.4 Å². The summed E-state index contributed by atoms with van der Waals surface area (Å²) in [5.41, 5.74) is 7.27. The summed E-state index contributed by atoms with van der Waals surface area (Å²) in [7, 11) is -4.74. The molecular weight excluding hydrogens is 427 g/mol. The number of nitrogens with two attached hydrogens (primary N) is 1. The normalized spacial score (nSPS) is 12.6. The maximum Gasteiger partial charge on any atom is 1.00 e. The van der Waals surface area contributed by atoms with Crippen LogP contribution in [0.5, 0.6) is 0 Å².